The van der Waals surface area contributed by atoms with Crippen LogP contribution in [0.1, 0.15) is 45.4 Å². The van der Waals surface area contributed by atoms with E-state index in [1.165, 1.54) is 0 Å². The van der Waals surface area contributed by atoms with Gasteiger partial charge in [-0.3, -0.25) is 9.38 Å². The lowest BCUT2D eigenvalue weighted by molar-refractivity contribution is 0.0943. The molecule has 2 aromatic heterocycles. The molecular weight excluding hydrogens is 238 g/mol. The van der Waals surface area contributed by atoms with Crippen molar-refractivity contribution in [2.75, 3.05) is 0 Å². The zero-order chi connectivity index (χ0) is 13.6. The van der Waals surface area contributed by atoms with E-state index in [-0.39, 0.29) is 11.5 Å². The highest BCUT2D eigenvalue weighted by Crippen LogP contribution is 2.49. The fourth-order valence-electron chi connectivity index (χ4n) is 3.32. The Balaban J connectivity index is 2.06. The molecule has 2 N–H and O–H groups in total. The van der Waals surface area contributed by atoms with E-state index in [1.54, 1.807) is 12.4 Å². The standard InChI is InChI=1S/C14H21N5/c1-9-11(15)5-4-10(14(9,2)3)13-18-17-12-8-16-6-7-19(12)13/h6-11H,4-5,15H2,1-3H3. The van der Waals surface area contributed by atoms with Crippen LogP contribution in [-0.4, -0.2) is 25.6 Å². The first kappa shape index (κ1) is 12.5. The van der Waals surface area contributed by atoms with E-state index in [0.717, 1.165) is 24.3 Å². The SMILES string of the molecule is CC1C(N)CCC(c2nnc3cnccn23)C1(C)C. The summed E-state index contributed by atoms with van der Waals surface area (Å²) in [5, 5.41) is 8.63. The predicted octanol–water partition coefficient (Wildman–Crippen LogP) is 1.99. The topological polar surface area (TPSA) is 69.1 Å². The Labute approximate surface area is 113 Å². The van der Waals surface area contributed by atoms with Gasteiger partial charge in [0.25, 0.3) is 0 Å². The minimum Gasteiger partial charge on any atom is -0.327 e. The van der Waals surface area contributed by atoms with Crippen molar-refractivity contribution in [1.29, 1.82) is 0 Å². The van der Waals surface area contributed by atoms with E-state index in [1.807, 2.05) is 6.20 Å². The third-order valence-electron chi connectivity index (χ3n) is 5.05. The van der Waals surface area contributed by atoms with E-state index in [9.17, 15) is 0 Å². The van der Waals surface area contributed by atoms with Gasteiger partial charge in [-0.2, -0.15) is 0 Å². The van der Waals surface area contributed by atoms with Gasteiger partial charge in [0.15, 0.2) is 5.65 Å². The van der Waals surface area contributed by atoms with Crippen LogP contribution in [0.25, 0.3) is 5.65 Å². The van der Waals surface area contributed by atoms with Crippen molar-refractivity contribution >= 4 is 5.65 Å². The second kappa shape index (κ2) is 4.27. The van der Waals surface area contributed by atoms with Crippen molar-refractivity contribution in [3.63, 3.8) is 0 Å². The van der Waals surface area contributed by atoms with Gasteiger partial charge >= 0.3 is 0 Å². The van der Waals surface area contributed by atoms with Gasteiger partial charge in [0.2, 0.25) is 0 Å². The molecule has 2 aromatic rings. The summed E-state index contributed by atoms with van der Waals surface area (Å²) in [7, 11) is 0. The van der Waals surface area contributed by atoms with Gasteiger partial charge in [-0.1, -0.05) is 20.8 Å². The average Bonchev–Trinajstić information content (AvgIpc) is 2.80. The monoisotopic (exact) mass is 259 g/mol. The van der Waals surface area contributed by atoms with Crippen molar-refractivity contribution in [2.45, 2.75) is 45.6 Å². The van der Waals surface area contributed by atoms with Crippen LogP contribution in [0.2, 0.25) is 0 Å². The molecule has 1 aliphatic carbocycles. The number of aromatic nitrogens is 4. The molecule has 1 aliphatic rings. The Bertz CT molecular complexity index is 588. The maximum atomic E-state index is 6.23. The van der Waals surface area contributed by atoms with Gasteiger partial charge in [-0.25, -0.2) is 0 Å². The van der Waals surface area contributed by atoms with Crippen LogP contribution in [0.3, 0.4) is 0 Å². The third-order valence-corrected chi connectivity index (χ3v) is 5.05. The first-order chi connectivity index (χ1) is 9.01. The summed E-state index contributed by atoms with van der Waals surface area (Å²) in [4.78, 5) is 4.09. The smallest absolute Gasteiger partial charge is 0.179 e. The molecule has 3 rings (SSSR count). The zero-order valence-corrected chi connectivity index (χ0v) is 11.7. The molecule has 0 bridgehead atoms. The van der Waals surface area contributed by atoms with Crippen LogP contribution in [-0.2, 0) is 0 Å². The Morgan fingerprint density at radius 1 is 1.32 bits per heavy atom. The fourth-order valence-corrected chi connectivity index (χ4v) is 3.32. The molecule has 5 nitrogen and oxygen atoms in total. The molecule has 0 aromatic carbocycles. The fraction of sp³-hybridized carbons (Fsp3) is 0.643. The second-order valence-corrected chi connectivity index (χ2v) is 6.27. The molecule has 3 unspecified atom stereocenters. The van der Waals surface area contributed by atoms with Gasteiger partial charge in [0, 0.05) is 24.4 Å². The van der Waals surface area contributed by atoms with Gasteiger partial charge in [-0.05, 0) is 24.2 Å². The highest BCUT2D eigenvalue weighted by Gasteiger charge is 2.44. The maximum Gasteiger partial charge on any atom is 0.179 e. The van der Waals surface area contributed by atoms with Gasteiger partial charge in [-0.15, -0.1) is 10.2 Å². The summed E-state index contributed by atoms with van der Waals surface area (Å²) >= 11 is 0. The molecule has 0 aliphatic heterocycles. The summed E-state index contributed by atoms with van der Waals surface area (Å²) in [6, 6.07) is 0.284. The van der Waals surface area contributed by atoms with Crippen LogP contribution in [0, 0.1) is 11.3 Å². The lowest BCUT2D eigenvalue weighted by Gasteiger charge is -2.46. The van der Waals surface area contributed by atoms with E-state index >= 15 is 0 Å². The normalized spacial score (nSPS) is 30.6. The van der Waals surface area contributed by atoms with E-state index < -0.39 is 0 Å². The molecule has 102 valence electrons. The highest BCUT2D eigenvalue weighted by atomic mass is 15.3. The molecule has 2 heterocycles. The van der Waals surface area contributed by atoms with Crippen molar-refractivity contribution in [1.82, 2.24) is 19.6 Å². The van der Waals surface area contributed by atoms with Crippen LogP contribution in [0.4, 0.5) is 0 Å². The predicted molar refractivity (Wildman–Crippen MR) is 73.7 cm³/mol. The maximum absolute atomic E-state index is 6.23. The molecule has 0 spiro atoms. The van der Waals surface area contributed by atoms with Gasteiger partial charge in [0.05, 0.1) is 6.20 Å². The number of rotatable bonds is 1. The molecule has 0 radical (unpaired) electrons. The number of nitrogens with two attached hydrogens (primary N) is 1. The highest BCUT2D eigenvalue weighted by molar-refractivity contribution is 5.35. The number of hydrogen-bond acceptors (Lipinski definition) is 4. The van der Waals surface area contributed by atoms with Gasteiger partial charge in [0.1, 0.15) is 5.82 Å². The van der Waals surface area contributed by atoms with Crippen LogP contribution < -0.4 is 5.73 Å². The largest absolute Gasteiger partial charge is 0.327 e. The van der Waals surface area contributed by atoms with Crippen molar-refractivity contribution in [3.05, 3.63) is 24.4 Å². The molecule has 0 amide bonds. The number of hydrogen-bond donors (Lipinski definition) is 1. The summed E-state index contributed by atoms with van der Waals surface area (Å²) < 4.78 is 2.06. The quantitative estimate of drug-likeness (QED) is 0.850. The van der Waals surface area contributed by atoms with E-state index in [4.69, 9.17) is 5.73 Å². The first-order valence-electron chi connectivity index (χ1n) is 6.92. The molecule has 19 heavy (non-hydrogen) atoms. The Hall–Kier alpha value is -1.49. The third kappa shape index (κ3) is 1.84. The van der Waals surface area contributed by atoms with Crippen LogP contribution in [0.5, 0.6) is 0 Å². The van der Waals surface area contributed by atoms with Crippen molar-refractivity contribution < 1.29 is 0 Å². The van der Waals surface area contributed by atoms with E-state index in [0.29, 0.717) is 11.8 Å². The Morgan fingerprint density at radius 2 is 2.11 bits per heavy atom. The molecule has 3 atom stereocenters. The van der Waals surface area contributed by atoms with Crippen LogP contribution >= 0.6 is 0 Å². The number of fused-ring (bicyclic) bond motifs is 1. The lowest BCUT2D eigenvalue weighted by atomic mass is 9.61. The molecule has 1 fully saturated rings. The molecule has 1 saturated carbocycles. The summed E-state index contributed by atoms with van der Waals surface area (Å²) in [6.45, 7) is 6.84. The lowest BCUT2D eigenvalue weighted by Crippen LogP contribution is -2.46. The summed E-state index contributed by atoms with van der Waals surface area (Å²) in [5.74, 6) is 1.90. The zero-order valence-electron chi connectivity index (χ0n) is 11.7. The Morgan fingerprint density at radius 3 is 2.89 bits per heavy atom. The van der Waals surface area contributed by atoms with Crippen LogP contribution in [0.15, 0.2) is 18.6 Å². The second-order valence-electron chi connectivity index (χ2n) is 6.27. The van der Waals surface area contributed by atoms with Crippen molar-refractivity contribution in [2.24, 2.45) is 17.1 Å². The molecule has 5 heteroatoms. The summed E-state index contributed by atoms with van der Waals surface area (Å²) in [6.07, 6.45) is 7.60. The summed E-state index contributed by atoms with van der Waals surface area (Å²) in [5.41, 5.74) is 7.17. The average molecular weight is 259 g/mol. The van der Waals surface area contributed by atoms with E-state index in [2.05, 4.69) is 40.4 Å². The minimum absolute atomic E-state index is 0.129. The van der Waals surface area contributed by atoms with Crippen molar-refractivity contribution in [3.8, 4) is 0 Å². The minimum atomic E-state index is 0.129. The molecular formula is C14H21N5. The Kier molecular flexibility index (Phi) is 2.82. The number of nitrogens with zero attached hydrogens (tertiary/aromatic N) is 4. The van der Waals surface area contributed by atoms with Gasteiger partial charge < -0.3 is 5.73 Å². The first-order valence-corrected chi connectivity index (χ1v) is 6.92. The molecule has 0 saturated heterocycles.